The molecular formula is C11H18N2O2. The van der Waals surface area contributed by atoms with Crippen LogP contribution in [0.1, 0.15) is 25.3 Å². The van der Waals surface area contributed by atoms with Gasteiger partial charge in [0.25, 0.3) is 5.69 Å². The third-order valence-electron chi connectivity index (χ3n) is 1.80. The smallest absolute Gasteiger partial charge is 0.269 e. The number of nitrogens with zero attached hydrogens (tertiary/aromatic N) is 1. The summed E-state index contributed by atoms with van der Waals surface area (Å²) in [6.45, 7) is 4.87. The van der Waals surface area contributed by atoms with Gasteiger partial charge in [0.1, 0.15) is 0 Å². The Morgan fingerprint density at radius 2 is 1.87 bits per heavy atom. The quantitative estimate of drug-likeness (QED) is 0.616. The van der Waals surface area contributed by atoms with Gasteiger partial charge in [-0.2, -0.15) is 0 Å². The third kappa shape index (κ3) is 6.62. The molecule has 2 N–H and O–H groups in total. The molecule has 0 bridgehead atoms. The molecule has 0 radical (unpaired) electrons. The zero-order valence-electron chi connectivity index (χ0n) is 9.27. The Kier molecular flexibility index (Phi) is 7.18. The maximum Gasteiger partial charge on any atom is 0.269 e. The number of hydrogen-bond acceptors (Lipinski definition) is 3. The van der Waals surface area contributed by atoms with Crippen LogP contribution >= 0.6 is 0 Å². The first-order valence-corrected chi connectivity index (χ1v) is 5.03. The Morgan fingerprint density at radius 3 is 2.13 bits per heavy atom. The van der Waals surface area contributed by atoms with Gasteiger partial charge in [0.05, 0.1) is 4.92 Å². The van der Waals surface area contributed by atoms with Crippen molar-refractivity contribution < 1.29 is 4.92 Å². The van der Waals surface area contributed by atoms with E-state index in [0.717, 1.165) is 12.1 Å². The van der Waals surface area contributed by atoms with E-state index in [1.807, 2.05) is 6.92 Å². The van der Waals surface area contributed by atoms with Crippen molar-refractivity contribution in [3.63, 3.8) is 0 Å². The molecule has 0 spiro atoms. The van der Waals surface area contributed by atoms with Crippen LogP contribution in [-0.4, -0.2) is 11.5 Å². The highest BCUT2D eigenvalue weighted by Gasteiger charge is 2.00. The molecule has 0 aliphatic heterocycles. The fourth-order valence-corrected chi connectivity index (χ4v) is 0.871. The summed E-state index contributed by atoms with van der Waals surface area (Å²) in [6.07, 6.45) is 2.39. The van der Waals surface area contributed by atoms with Crippen molar-refractivity contribution in [2.75, 3.05) is 6.54 Å². The summed E-state index contributed by atoms with van der Waals surface area (Å²) in [4.78, 5) is 9.71. The van der Waals surface area contributed by atoms with Crippen LogP contribution in [0.3, 0.4) is 0 Å². The van der Waals surface area contributed by atoms with Crippen molar-refractivity contribution in [2.45, 2.75) is 26.7 Å². The number of rotatable bonds is 3. The molecule has 15 heavy (non-hydrogen) atoms. The monoisotopic (exact) mass is 210 g/mol. The summed E-state index contributed by atoms with van der Waals surface area (Å²) in [5.74, 6) is 0. The molecule has 0 aromatic heterocycles. The Hall–Kier alpha value is -1.42. The lowest BCUT2D eigenvalue weighted by Gasteiger charge is -1.90. The molecule has 0 heterocycles. The number of aryl methyl sites for hydroxylation is 1. The van der Waals surface area contributed by atoms with Crippen LogP contribution in [0.25, 0.3) is 0 Å². The van der Waals surface area contributed by atoms with E-state index in [2.05, 4.69) is 6.92 Å². The average molecular weight is 210 g/mol. The Morgan fingerprint density at radius 1 is 1.33 bits per heavy atom. The van der Waals surface area contributed by atoms with Crippen molar-refractivity contribution >= 4 is 5.69 Å². The first-order valence-electron chi connectivity index (χ1n) is 5.03. The summed E-state index contributed by atoms with van der Waals surface area (Å²) in [6, 6.07) is 6.43. The maximum absolute atomic E-state index is 10.1. The minimum Gasteiger partial charge on any atom is -0.330 e. The highest BCUT2D eigenvalue weighted by atomic mass is 16.6. The third-order valence-corrected chi connectivity index (χ3v) is 1.80. The summed E-state index contributed by atoms with van der Waals surface area (Å²) in [5, 5.41) is 10.1. The van der Waals surface area contributed by atoms with Crippen molar-refractivity contribution in [1.29, 1.82) is 0 Å². The van der Waals surface area contributed by atoms with Gasteiger partial charge in [0, 0.05) is 12.1 Å². The fraction of sp³-hybridized carbons (Fsp3) is 0.455. The topological polar surface area (TPSA) is 69.2 Å². The summed E-state index contributed by atoms with van der Waals surface area (Å²) >= 11 is 0. The van der Waals surface area contributed by atoms with Gasteiger partial charge in [-0.15, -0.1) is 0 Å². The predicted molar refractivity (Wildman–Crippen MR) is 61.8 cm³/mol. The van der Waals surface area contributed by atoms with Crippen LogP contribution < -0.4 is 5.73 Å². The normalized spacial score (nSPS) is 9.00. The zero-order chi connectivity index (χ0) is 11.7. The van der Waals surface area contributed by atoms with Crippen LogP contribution in [0.15, 0.2) is 24.3 Å². The SMILES string of the molecule is CCCCN.Cc1ccc([N+](=O)[O-])cc1. The number of nitrogens with two attached hydrogens (primary N) is 1. The summed E-state index contributed by atoms with van der Waals surface area (Å²) in [5.41, 5.74) is 6.32. The van der Waals surface area contributed by atoms with Gasteiger partial charge >= 0.3 is 0 Å². The molecule has 4 heteroatoms. The number of nitro groups is 1. The molecule has 0 atom stereocenters. The van der Waals surface area contributed by atoms with Crippen LogP contribution in [0.5, 0.6) is 0 Å². The number of benzene rings is 1. The van der Waals surface area contributed by atoms with E-state index >= 15 is 0 Å². The predicted octanol–water partition coefficient (Wildman–Crippen LogP) is 2.65. The van der Waals surface area contributed by atoms with Gasteiger partial charge in [-0.1, -0.05) is 31.0 Å². The number of hydrogen-bond donors (Lipinski definition) is 1. The molecule has 0 unspecified atom stereocenters. The maximum atomic E-state index is 10.1. The number of non-ortho nitro benzene ring substituents is 1. The second-order valence-corrected chi connectivity index (χ2v) is 3.23. The van der Waals surface area contributed by atoms with Crippen LogP contribution in [0, 0.1) is 17.0 Å². The highest BCUT2D eigenvalue weighted by Crippen LogP contribution is 2.10. The standard InChI is InChI=1S/C7H7NO2.C4H11N/c1-6-2-4-7(5-3-6)8(9)10;1-2-3-4-5/h2-5H,1H3;2-5H2,1H3. The van der Waals surface area contributed by atoms with Crippen molar-refractivity contribution in [2.24, 2.45) is 5.73 Å². The molecule has 84 valence electrons. The van der Waals surface area contributed by atoms with E-state index in [1.165, 1.54) is 25.0 Å². The average Bonchev–Trinajstić information content (AvgIpc) is 2.20. The molecular weight excluding hydrogens is 192 g/mol. The number of nitro benzene ring substituents is 1. The molecule has 0 aliphatic carbocycles. The molecule has 0 amide bonds. The molecule has 0 saturated carbocycles. The van der Waals surface area contributed by atoms with Gasteiger partial charge in [0.2, 0.25) is 0 Å². The van der Waals surface area contributed by atoms with E-state index in [1.54, 1.807) is 12.1 Å². The summed E-state index contributed by atoms with van der Waals surface area (Å²) in [7, 11) is 0. The lowest BCUT2D eigenvalue weighted by molar-refractivity contribution is -0.384. The van der Waals surface area contributed by atoms with Crippen LogP contribution in [-0.2, 0) is 0 Å². The minimum absolute atomic E-state index is 0.144. The summed E-state index contributed by atoms with van der Waals surface area (Å²) < 4.78 is 0. The minimum atomic E-state index is -0.403. The van der Waals surface area contributed by atoms with Crippen molar-refractivity contribution in [3.8, 4) is 0 Å². The molecule has 0 saturated heterocycles. The molecule has 0 fully saturated rings. The first kappa shape index (κ1) is 13.6. The first-order chi connectivity index (χ1) is 7.11. The van der Waals surface area contributed by atoms with Crippen molar-refractivity contribution in [3.05, 3.63) is 39.9 Å². The van der Waals surface area contributed by atoms with Crippen molar-refractivity contribution in [1.82, 2.24) is 0 Å². The van der Waals surface area contributed by atoms with Gasteiger partial charge in [-0.05, 0) is 19.9 Å². The molecule has 4 nitrogen and oxygen atoms in total. The van der Waals surface area contributed by atoms with Crippen LogP contribution in [0.4, 0.5) is 5.69 Å². The van der Waals surface area contributed by atoms with E-state index in [-0.39, 0.29) is 5.69 Å². The highest BCUT2D eigenvalue weighted by molar-refractivity contribution is 5.31. The molecule has 1 aromatic rings. The molecule has 1 aromatic carbocycles. The number of unbranched alkanes of at least 4 members (excludes halogenated alkanes) is 1. The van der Waals surface area contributed by atoms with Crippen LogP contribution in [0.2, 0.25) is 0 Å². The lowest BCUT2D eigenvalue weighted by atomic mass is 10.2. The van der Waals surface area contributed by atoms with Gasteiger partial charge in [-0.3, -0.25) is 10.1 Å². The Balaban J connectivity index is 0.000000336. The van der Waals surface area contributed by atoms with Gasteiger partial charge in [0.15, 0.2) is 0 Å². The lowest BCUT2D eigenvalue weighted by Crippen LogP contribution is -1.95. The molecule has 0 aliphatic rings. The van der Waals surface area contributed by atoms with E-state index in [4.69, 9.17) is 5.73 Å². The van der Waals surface area contributed by atoms with E-state index < -0.39 is 4.92 Å². The second kappa shape index (κ2) is 7.94. The largest absolute Gasteiger partial charge is 0.330 e. The van der Waals surface area contributed by atoms with E-state index in [9.17, 15) is 10.1 Å². The van der Waals surface area contributed by atoms with Gasteiger partial charge in [-0.25, -0.2) is 0 Å². The second-order valence-electron chi connectivity index (χ2n) is 3.23. The Bertz CT molecular complexity index is 281. The zero-order valence-corrected chi connectivity index (χ0v) is 9.27. The van der Waals surface area contributed by atoms with Gasteiger partial charge < -0.3 is 5.73 Å². The van der Waals surface area contributed by atoms with E-state index in [0.29, 0.717) is 0 Å². The Labute approximate surface area is 90.3 Å². The fourth-order valence-electron chi connectivity index (χ4n) is 0.871. The molecule has 1 rings (SSSR count).